The second-order valence-electron chi connectivity index (χ2n) is 5.68. The normalized spacial score (nSPS) is 10.1. The summed E-state index contributed by atoms with van der Waals surface area (Å²) in [5, 5.41) is 10.2. The summed E-state index contributed by atoms with van der Waals surface area (Å²) >= 11 is 0. The van der Waals surface area contributed by atoms with E-state index < -0.39 is 0 Å². The number of rotatable bonds is 5. The molecule has 1 aromatic carbocycles. The van der Waals surface area contributed by atoms with Crippen LogP contribution >= 0.6 is 0 Å². The fourth-order valence-electron chi connectivity index (χ4n) is 1.94. The lowest BCUT2D eigenvalue weighted by molar-refractivity contribution is 0.101. The molecule has 1 N–H and O–H groups in total. The van der Waals surface area contributed by atoms with Crippen molar-refractivity contribution in [2.45, 2.75) is 47.5 Å². The molecule has 0 aliphatic carbocycles. The molecule has 0 spiro atoms. The van der Waals surface area contributed by atoms with E-state index in [0.29, 0.717) is 12.0 Å². The van der Waals surface area contributed by atoms with Crippen molar-refractivity contribution in [1.82, 2.24) is 0 Å². The molecular formula is C18H24O2. The molecule has 1 aromatic rings. The van der Waals surface area contributed by atoms with Crippen LogP contribution in [0.15, 0.2) is 35.4 Å². The molecule has 0 bridgehead atoms. The molecule has 0 saturated carbocycles. The van der Waals surface area contributed by atoms with E-state index in [0.717, 1.165) is 17.5 Å². The Labute approximate surface area is 121 Å². The van der Waals surface area contributed by atoms with Gasteiger partial charge in [0.1, 0.15) is 5.75 Å². The van der Waals surface area contributed by atoms with Gasteiger partial charge in [-0.3, -0.25) is 4.79 Å². The molecule has 2 nitrogen and oxygen atoms in total. The van der Waals surface area contributed by atoms with E-state index in [1.165, 1.54) is 18.1 Å². The average molecular weight is 272 g/mol. The maximum atomic E-state index is 11.7. The third kappa shape index (κ3) is 4.69. The molecule has 20 heavy (non-hydrogen) atoms. The standard InChI is InChI=1S/C18H24O2/c1-12(2)6-8-15-10-16(9-7-13(3)4)18(20)17(11-15)14(5)19/h6-7,10-11,20H,8-9H2,1-5H3. The number of phenolic OH excluding ortho intramolecular Hbond substituents is 1. The first-order valence-electron chi connectivity index (χ1n) is 6.93. The number of hydrogen-bond acceptors (Lipinski definition) is 2. The second kappa shape index (κ2) is 7.09. The van der Waals surface area contributed by atoms with Gasteiger partial charge in [-0.25, -0.2) is 0 Å². The van der Waals surface area contributed by atoms with Crippen molar-refractivity contribution in [3.05, 3.63) is 52.1 Å². The maximum Gasteiger partial charge on any atom is 0.163 e. The highest BCUT2D eigenvalue weighted by Gasteiger charge is 2.12. The molecule has 0 aliphatic heterocycles. The summed E-state index contributed by atoms with van der Waals surface area (Å²) in [6.45, 7) is 9.64. The van der Waals surface area contributed by atoms with Crippen LogP contribution in [-0.4, -0.2) is 10.9 Å². The van der Waals surface area contributed by atoms with Gasteiger partial charge in [0.25, 0.3) is 0 Å². The number of phenols is 1. The van der Waals surface area contributed by atoms with Crippen LogP contribution in [0.1, 0.15) is 56.1 Å². The van der Waals surface area contributed by atoms with Crippen molar-refractivity contribution in [3.8, 4) is 5.75 Å². The predicted octanol–water partition coefficient (Wildman–Crippen LogP) is 4.61. The molecule has 0 atom stereocenters. The third-order valence-electron chi connectivity index (χ3n) is 3.10. The molecular weight excluding hydrogens is 248 g/mol. The van der Waals surface area contributed by atoms with Crippen LogP contribution in [0.5, 0.6) is 5.75 Å². The number of carbonyl (C=O) groups is 1. The SMILES string of the molecule is CC(=O)c1cc(CC=C(C)C)cc(CC=C(C)C)c1O. The van der Waals surface area contributed by atoms with Crippen LogP contribution in [0.2, 0.25) is 0 Å². The highest BCUT2D eigenvalue weighted by Crippen LogP contribution is 2.27. The highest BCUT2D eigenvalue weighted by molar-refractivity contribution is 5.97. The number of benzene rings is 1. The lowest BCUT2D eigenvalue weighted by atomic mass is 9.97. The monoisotopic (exact) mass is 272 g/mol. The zero-order valence-corrected chi connectivity index (χ0v) is 13.1. The van der Waals surface area contributed by atoms with Gasteiger partial charge in [-0.2, -0.15) is 0 Å². The molecule has 0 fully saturated rings. The first-order chi connectivity index (χ1) is 9.31. The number of hydrogen-bond donors (Lipinski definition) is 1. The lowest BCUT2D eigenvalue weighted by Gasteiger charge is -2.10. The van der Waals surface area contributed by atoms with Gasteiger partial charge in [0, 0.05) is 0 Å². The van der Waals surface area contributed by atoms with Gasteiger partial charge in [-0.15, -0.1) is 0 Å². The minimum Gasteiger partial charge on any atom is -0.507 e. The topological polar surface area (TPSA) is 37.3 Å². The van der Waals surface area contributed by atoms with Gasteiger partial charge >= 0.3 is 0 Å². The van der Waals surface area contributed by atoms with Crippen LogP contribution in [0.4, 0.5) is 0 Å². The van der Waals surface area contributed by atoms with Crippen LogP contribution in [0.25, 0.3) is 0 Å². The smallest absolute Gasteiger partial charge is 0.163 e. The molecule has 0 aliphatic rings. The van der Waals surface area contributed by atoms with Crippen molar-refractivity contribution in [2.75, 3.05) is 0 Å². The summed E-state index contributed by atoms with van der Waals surface area (Å²) < 4.78 is 0. The largest absolute Gasteiger partial charge is 0.507 e. The molecule has 0 saturated heterocycles. The van der Waals surface area contributed by atoms with Crippen molar-refractivity contribution >= 4 is 5.78 Å². The minimum atomic E-state index is -0.0972. The lowest BCUT2D eigenvalue weighted by Crippen LogP contribution is -1.99. The van der Waals surface area contributed by atoms with Crippen LogP contribution in [-0.2, 0) is 12.8 Å². The van der Waals surface area contributed by atoms with E-state index in [1.54, 1.807) is 6.07 Å². The van der Waals surface area contributed by atoms with Gasteiger partial charge < -0.3 is 5.11 Å². The zero-order valence-electron chi connectivity index (χ0n) is 13.1. The Kier molecular flexibility index (Phi) is 5.75. The Morgan fingerprint density at radius 2 is 1.55 bits per heavy atom. The Morgan fingerprint density at radius 1 is 1.00 bits per heavy atom. The van der Waals surface area contributed by atoms with E-state index in [1.807, 2.05) is 19.9 Å². The summed E-state index contributed by atoms with van der Waals surface area (Å²) in [5.41, 5.74) is 4.74. The first-order valence-corrected chi connectivity index (χ1v) is 6.93. The Hall–Kier alpha value is -1.83. The predicted molar refractivity (Wildman–Crippen MR) is 84.4 cm³/mol. The number of aromatic hydroxyl groups is 1. The number of allylic oxidation sites excluding steroid dienone is 4. The van der Waals surface area contributed by atoms with Gasteiger partial charge in [0.2, 0.25) is 0 Å². The van der Waals surface area contributed by atoms with Gasteiger partial charge in [0.05, 0.1) is 5.56 Å². The number of Topliss-reactive ketones (excluding diaryl/α,β-unsaturated/α-hetero) is 1. The quantitative estimate of drug-likeness (QED) is 0.627. The summed E-state index contributed by atoms with van der Waals surface area (Å²) in [5.74, 6) is 0.0240. The van der Waals surface area contributed by atoms with Crippen LogP contribution in [0.3, 0.4) is 0 Å². The fraction of sp³-hybridized carbons (Fsp3) is 0.389. The third-order valence-corrected chi connectivity index (χ3v) is 3.10. The van der Waals surface area contributed by atoms with Crippen molar-refractivity contribution < 1.29 is 9.90 Å². The fourth-order valence-corrected chi connectivity index (χ4v) is 1.94. The van der Waals surface area contributed by atoms with Gasteiger partial charge in [0.15, 0.2) is 5.78 Å². The van der Waals surface area contributed by atoms with Crippen LogP contribution < -0.4 is 0 Å². The van der Waals surface area contributed by atoms with E-state index in [9.17, 15) is 9.90 Å². The molecule has 0 unspecified atom stereocenters. The van der Waals surface area contributed by atoms with Crippen molar-refractivity contribution in [2.24, 2.45) is 0 Å². The summed E-state index contributed by atoms with van der Waals surface area (Å²) in [4.78, 5) is 11.7. The summed E-state index contributed by atoms with van der Waals surface area (Å²) in [6.07, 6.45) is 5.62. The molecule has 108 valence electrons. The Morgan fingerprint density at radius 3 is 2.05 bits per heavy atom. The zero-order chi connectivity index (χ0) is 15.3. The maximum absolute atomic E-state index is 11.7. The molecule has 0 amide bonds. The van der Waals surface area contributed by atoms with E-state index in [2.05, 4.69) is 26.0 Å². The molecule has 0 heterocycles. The highest BCUT2D eigenvalue weighted by atomic mass is 16.3. The first kappa shape index (κ1) is 16.2. The number of ketones is 1. The second-order valence-corrected chi connectivity index (χ2v) is 5.68. The number of carbonyl (C=O) groups excluding carboxylic acids is 1. The molecule has 0 radical (unpaired) electrons. The van der Waals surface area contributed by atoms with Crippen molar-refractivity contribution in [3.63, 3.8) is 0 Å². The summed E-state index contributed by atoms with van der Waals surface area (Å²) in [7, 11) is 0. The molecule has 0 aromatic heterocycles. The average Bonchev–Trinajstić information content (AvgIpc) is 2.35. The Bertz CT molecular complexity index is 555. The summed E-state index contributed by atoms with van der Waals surface area (Å²) in [6, 6.07) is 3.78. The van der Waals surface area contributed by atoms with Gasteiger partial charge in [-0.1, -0.05) is 29.4 Å². The minimum absolute atomic E-state index is 0.0972. The molecule has 1 rings (SSSR count). The molecule has 2 heteroatoms. The van der Waals surface area contributed by atoms with Crippen LogP contribution in [0, 0.1) is 0 Å². The Balaban J connectivity index is 3.24. The van der Waals surface area contributed by atoms with Gasteiger partial charge in [-0.05, 0) is 64.7 Å². The van der Waals surface area contributed by atoms with E-state index in [-0.39, 0.29) is 11.5 Å². The van der Waals surface area contributed by atoms with E-state index in [4.69, 9.17) is 0 Å². The van der Waals surface area contributed by atoms with E-state index >= 15 is 0 Å². The van der Waals surface area contributed by atoms with Crippen molar-refractivity contribution in [1.29, 1.82) is 0 Å².